The zero-order valence-electron chi connectivity index (χ0n) is 12.3. The van der Waals surface area contributed by atoms with Gasteiger partial charge in [-0.25, -0.2) is 4.98 Å². The number of rotatable bonds is 1. The predicted molar refractivity (Wildman–Crippen MR) is 86.0 cm³/mol. The Kier molecular flexibility index (Phi) is 2.66. The van der Waals surface area contributed by atoms with Crippen molar-refractivity contribution in [2.24, 2.45) is 7.05 Å². The maximum Gasteiger partial charge on any atom is 0.182 e. The van der Waals surface area contributed by atoms with Crippen LogP contribution in [0.2, 0.25) is 0 Å². The van der Waals surface area contributed by atoms with Crippen molar-refractivity contribution in [2.75, 3.05) is 0 Å². The number of imidazole rings is 1. The van der Waals surface area contributed by atoms with Crippen LogP contribution in [0.4, 0.5) is 0 Å². The Bertz CT molecular complexity index is 1030. The lowest BCUT2D eigenvalue weighted by molar-refractivity contribution is 0.618. The average molecular weight is 290 g/mol. The van der Waals surface area contributed by atoms with Gasteiger partial charge in [-0.1, -0.05) is 12.1 Å². The van der Waals surface area contributed by atoms with Crippen LogP contribution in [0.1, 0.15) is 5.56 Å². The van der Waals surface area contributed by atoms with Crippen LogP contribution in [0.3, 0.4) is 0 Å². The van der Waals surface area contributed by atoms with Crippen LogP contribution in [0.25, 0.3) is 33.7 Å². The molecule has 2 aliphatic rings. The molecular weight excluding hydrogens is 276 g/mol. The fourth-order valence-electron chi connectivity index (χ4n) is 2.83. The Balaban J connectivity index is 2.24. The summed E-state index contributed by atoms with van der Waals surface area (Å²) in [5.41, 5.74) is 3.69. The molecule has 0 radical (unpaired) electrons. The molecule has 0 N–H and O–H groups in total. The minimum absolute atomic E-state index is 0.0611. The van der Waals surface area contributed by atoms with E-state index >= 15 is 0 Å². The van der Waals surface area contributed by atoms with Gasteiger partial charge in [0.1, 0.15) is 17.2 Å². The van der Waals surface area contributed by atoms with E-state index in [-0.39, 0.29) is 5.43 Å². The van der Waals surface area contributed by atoms with Crippen LogP contribution in [0.15, 0.2) is 58.0 Å². The largest absolute Gasteiger partial charge is 0.456 e. The van der Waals surface area contributed by atoms with Crippen molar-refractivity contribution >= 4 is 11.0 Å². The standard InChI is InChI=1S/C18H14N2O2/c1-11-3-5-13-15(9-11)22-16-10-12(21)4-6-14(16)17(13)18-19-7-8-20(18)2/h3-10H,1-2H3. The van der Waals surface area contributed by atoms with Gasteiger partial charge in [0, 0.05) is 42.0 Å². The minimum Gasteiger partial charge on any atom is -0.456 e. The van der Waals surface area contributed by atoms with E-state index in [1.54, 1.807) is 12.3 Å². The molecule has 0 bridgehead atoms. The van der Waals surface area contributed by atoms with Gasteiger partial charge >= 0.3 is 0 Å². The molecule has 2 heterocycles. The number of nitrogens with zero attached hydrogens (tertiary/aromatic N) is 2. The summed E-state index contributed by atoms with van der Waals surface area (Å²) in [6, 6.07) is 11.0. The Morgan fingerprint density at radius 1 is 1.14 bits per heavy atom. The van der Waals surface area contributed by atoms with Gasteiger partial charge in [0.25, 0.3) is 0 Å². The van der Waals surface area contributed by atoms with E-state index in [4.69, 9.17) is 4.42 Å². The van der Waals surface area contributed by atoms with Crippen molar-refractivity contribution < 1.29 is 4.42 Å². The van der Waals surface area contributed by atoms with Gasteiger partial charge in [-0.05, 0) is 30.7 Å². The molecule has 0 amide bonds. The molecule has 1 aliphatic heterocycles. The topological polar surface area (TPSA) is 48.0 Å². The number of fused-ring (bicyclic) bond motifs is 2. The van der Waals surface area contributed by atoms with Gasteiger partial charge in [-0.15, -0.1) is 0 Å². The first kappa shape index (κ1) is 12.8. The second kappa shape index (κ2) is 4.56. The smallest absolute Gasteiger partial charge is 0.182 e. The summed E-state index contributed by atoms with van der Waals surface area (Å²) in [7, 11) is 1.96. The molecule has 4 rings (SSSR count). The molecule has 1 aromatic carbocycles. The molecule has 0 saturated heterocycles. The van der Waals surface area contributed by atoms with Gasteiger partial charge in [0.2, 0.25) is 0 Å². The molecular formula is C18H14N2O2. The highest BCUT2D eigenvalue weighted by Gasteiger charge is 2.19. The fourth-order valence-corrected chi connectivity index (χ4v) is 2.83. The van der Waals surface area contributed by atoms with Crippen molar-refractivity contribution in [3.8, 4) is 22.7 Å². The summed E-state index contributed by atoms with van der Waals surface area (Å²) in [5.74, 6) is 1.44. The Morgan fingerprint density at radius 3 is 2.77 bits per heavy atom. The van der Waals surface area contributed by atoms with Crippen molar-refractivity contribution in [3.63, 3.8) is 0 Å². The van der Waals surface area contributed by atoms with E-state index in [9.17, 15) is 4.79 Å². The third kappa shape index (κ3) is 1.84. The molecule has 0 spiro atoms. The third-order valence-corrected chi connectivity index (χ3v) is 3.89. The summed E-state index contributed by atoms with van der Waals surface area (Å²) in [6.45, 7) is 2.02. The lowest BCUT2D eigenvalue weighted by Gasteiger charge is -2.14. The van der Waals surface area contributed by atoms with E-state index in [1.165, 1.54) is 6.07 Å². The number of hydrogen-bond acceptors (Lipinski definition) is 3. The van der Waals surface area contributed by atoms with Crippen LogP contribution < -0.4 is 5.43 Å². The summed E-state index contributed by atoms with van der Waals surface area (Å²) in [6.07, 6.45) is 3.68. The lowest BCUT2D eigenvalue weighted by atomic mass is 9.98. The number of hydrogen-bond donors (Lipinski definition) is 0. The second-order valence-electron chi connectivity index (χ2n) is 5.50. The highest BCUT2D eigenvalue weighted by atomic mass is 16.3. The number of benzene rings is 2. The van der Waals surface area contributed by atoms with Gasteiger partial charge < -0.3 is 8.98 Å². The average Bonchev–Trinajstić information content (AvgIpc) is 2.90. The summed E-state index contributed by atoms with van der Waals surface area (Å²) in [4.78, 5) is 16.1. The number of aryl methyl sites for hydroxylation is 2. The molecule has 1 aliphatic carbocycles. The first-order chi connectivity index (χ1) is 10.6. The number of aromatic nitrogens is 2. The molecule has 108 valence electrons. The SMILES string of the molecule is Cc1ccc2c(-c3nccn3C)c3ccc(=O)cc-3oc2c1. The van der Waals surface area contributed by atoms with Gasteiger partial charge in [-0.2, -0.15) is 0 Å². The van der Waals surface area contributed by atoms with Crippen molar-refractivity contribution in [1.29, 1.82) is 0 Å². The van der Waals surface area contributed by atoms with Crippen molar-refractivity contribution in [1.82, 2.24) is 9.55 Å². The van der Waals surface area contributed by atoms with Gasteiger partial charge in [0.05, 0.1) is 0 Å². The normalized spacial score (nSPS) is 11.4. The maximum absolute atomic E-state index is 11.7. The van der Waals surface area contributed by atoms with Gasteiger partial charge in [0.15, 0.2) is 5.43 Å². The summed E-state index contributed by atoms with van der Waals surface area (Å²) < 4.78 is 7.92. The predicted octanol–water partition coefficient (Wildman–Crippen LogP) is 3.61. The molecule has 0 unspecified atom stereocenters. The zero-order valence-corrected chi connectivity index (χ0v) is 12.3. The van der Waals surface area contributed by atoms with E-state index in [0.717, 1.165) is 33.5 Å². The summed E-state index contributed by atoms with van der Waals surface area (Å²) in [5, 5.41) is 0.992. The zero-order chi connectivity index (χ0) is 15.3. The van der Waals surface area contributed by atoms with Crippen LogP contribution >= 0.6 is 0 Å². The molecule has 4 heteroatoms. The van der Waals surface area contributed by atoms with E-state index in [1.807, 2.05) is 42.9 Å². The van der Waals surface area contributed by atoms with Crippen LogP contribution in [-0.4, -0.2) is 9.55 Å². The van der Waals surface area contributed by atoms with E-state index < -0.39 is 0 Å². The highest BCUT2D eigenvalue weighted by Crippen LogP contribution is 2.38. The van der Waals surface area contributed by atoms with Crippen molar-refractivity contribution in [2.45, 2.75) is 6.92 Å². The molecule has 0 fully saturated rings. The quantitative estimate of drug-likeness (QED) is 0.503. The fraction of sp³-hybridized carbons (Fsp3) is 0.111. The summed E-state index contributed by atoms with van der Waals surface area (Å²) >= 11 is 0. The van der Waals surface area contributed by atoms with E-state index in [0.29, 0.717) is 5.76 Å². The van der Waals surface area contributed by atoms with Crippen LogP contribution in [0.5, 0.6) is 0 Å². The monoisotopic (exact) mass is 290 g/mol. The molecule has 4 nitrogen and oxygen atoms in total. The Hall–Kier alpha value is -2.88. The molecule has 22 heavy (non-hydrogen) atoms. The second-order valence-corrected chi connectivity index (χ2v) is 5.50. The minimum atomic E-state index is -0.0611. The third-order valence-electron chi connectivity index (χ3n) is 3.89. The Labute approximate surface area is 127 Å². The first-order valence-corrected chi connectivity index (χ1v) is 7.08. The van der Waals surface area contributed by atoms with E-state index in [2.05, 4.69) is 11.1 Å². The van der Waals surface area contributed by atoms with Crippen molar-refractivity contribution in [3.05, 3.63) is 64.6 Å². The maximum atomic E-state index is 11.7. The van der Waals surface area contributed by atoms with Crippen LogP contribution in [0, 0.1) is 6.92 Å². The molecule has 0 atom stereocenters. The molecule has 2 aromatic rings. The van der Waals surface area contributed by atoms with Crippen LogP contribution in [-0.2, 0) is 7.05 Å². The lowest BCUT2D eigenvalue weighted by Crippen LogP contribution is -2.01. The first-order valence-electron chi connectivity index (χ1n) is 7.08. The molecule has 1 aromatic heterocycles. The highest BCUT2D eigenvalue weighted by molar-refractivity contribution is 6.00. The van der Waals surface area contributed by atoms with Gasteiger partial charge in [-0.3, -0.25) is 4.79 Å². The Morgan fingerprint density at radius 2 is 2.00 bits per heavy atom. The molecule has 0 saturated carbocycles.